The number of esters is 1. The maximum absolute atomic E-state index is 12.8. The number of hydrogen-bond acceptors (Lipinski definition) is 6. The summed E-state index contributed by atoms with van der Waals surface area (Å²) in [5.74, 6) is 0.865. The van der Waals surface area contributed by atoms with E-state index >= 15 is 0 Å². The molecule has 0 radical (unpaired) electrons. The number of piperidine rings is 1. The van der Waals surface area contributed by atoms with Gasteiger partial charge in [-0.1, -0.05) is 42.1 Å². The Bertz CT molecular complexity index is 1130. The fraction of sp³-hybridized carbons (Fsp3) is 0.346. The minimum Gasteiger partial charge on any atom is -0.497 e. The zero-order valence-corrected chi connectivity index (χ0v) is 19.8. The smallest absolute Gasteiger partial charge is 0.309 e. The van der Waals surface area contributed by atoms with Gasteiger partial charge in [0, 0.05) is 24.5 Å². The van der Waals surface area contributed by atoms with E-state index in [1.54, 1.807) is 7.11 Å². The first kappa shape index (κ1) is 23.1. The van der Waals surface area contributed by atoms with Crippen LogP contribution in [0.1, 0.15) is 19.8 Å². The summed E-state index contributed by atoms with van der Waals surface area (Å²) in [7, 11) is 1.64. The molecule has 0 saturated carbocycles. The summed E-state index contributed by atoms with van der Waals surface area (Å²) in [6.45, 7) is 3.37. The third-order valence-corrected chi connectivity index (χ3v) is 6.79. The van der Waals surface area contributed by atoms with Gasteiger partial charge in [0.05, 0.1) is 35.9 Å². The van der Waals surface area contributed by atoms with Crippen LogP contribution in [0.25, 0.3) is 22.0 Å². The predicted molar refractivity (Wildman–Crippen MR) is 130 cm³/mol. The molecule has 3 aromatic rings. The molecule has 0 aliphatic carbocycles. The number of rotatable bonds is 7. The summed E-state index contributed by atoms with van der Waals surface area (Å²) in [6.07, 6.45) is 1.31. The minimum atomic E-state index is -0.150. The first-order valence-electron chi connectivity index (χ1n) is 11.2. The second kappa shape index (κ2) is 10.7. The van der Waals surface area contributed by atoms with Crippen molar-refractivity contribution in [1.82, 2.24) is 9.88 Å². The highest BCUT2D eigenvalue weighted by Crippen LogP contribution is 2.33. The average molecular weight is 465 g/mol. The van der Waals surface area contributed by atoms with E-state index in [4.69, 9.17) is 14.5 Å². The molecule has 2 aromatic carbocycles. The molecular formula is C26H28N2O4S. The van der Waals surface area contributed by atoms with Crippen molar-refractivity contribution in [1.29, 1.82) is 0 Å². The molecule has 2 heterocycles. The van der Waals surface area contributed by atoms with Crippen LogP contribution in [-0.4, -0.2) is 54.3 Å². The van der Waals surface area contributed by atoms with Crippen LogP contribution < -0.4 is 4.74 Å². The van der Waals surface area contributed by atoms with Gasteiger partial charge in [0.25, 0.3) is 0 Å². The van der Waals surface area contributed by atoms with Gasteiger partial charge < -0.3 is 14.4 Å². The third kappa shape index (κ3) is 5.47. The number of ether oxygens (including phenoxy) is 2. The number of pyridine rings is 1. The standard InChI is InChI=1S/C26H28N2O4S/c1-3-32-26(30)19-11-13-28(14-12-19)25(29)17-33-24-16-22(18-7-5-4-6-8-18)21-10-9-20(31-2)15-23(21)27-24/h4-10,15-16,19H,3,11-14,17H2,1-2H3. The van der Waals surface area contributed by atoms with Gasteiger partial charge in [-0.2, -0.15) is 0 Å². The van der Waals surface area contributed by atoms with Crippen LogP contribution in [0.2, 0.25) is 0 Å². The number of benzene rings is 2. The second-order valence-corrected chi connectivity index (χ2v) is 8.95. The Morgan fingerprint density at radius 2 is 1.85 bits per heavy atom. The topological polar surface area (TPSA) is 68.7 Å². The highest BCUT2D eigenvalue weighted by atomic mass is 32.2. The predicted octanol–water partition coefficient (Wildman–Crippen LogP) is 4.80. The largest absolute Gasteiger partial charge is 0.497 e. The van der Waals surface area contributed by atoms with Crippen molar-refractivity contribution in [2.75, 3.05) is 32.6 Å². The fourth-order valence-electron chi connectivity index (χ4n) is 4.09. The van der Waals surface area contributed by atoms with Gasteiger partial charge in [-0.15, -0.1) is 0 Å². The lowest BCUT2D eigenvalue weighted by molar-refractivity contribution is -0.151. The van der Waals surface area contributed by atoms with Gasteiger partial charge in [-0.25, -0.2) is 4.98 Å². The molecule has 0 bridgehead atoms. The summed E-state index contributed by atoms with van der Waals surface area (Å²) < 4.78 is 10.5. The van der Waals surface area contributed by atoms with E-state index in [2.05, 4.69) is 18.2 Å². The summed E-state index contributed by atoms with van der Waals surface area (Å²) in [6, 6.07) is 18.1. The maximum atomic E-state index is 12.8. The van der Waals surface area contributed by atoms with E-state index in [0.29, 0.717) is 38.3 Å². The zero-order chi connectivity index (χ0) is 23.2. The van der Waals surface area contributed by atoms with Crippen molar-refractivity contribution in [3.05, 3.63) is 54.6 Å². The third-order valence-electron chi connectivity index (χ3n) is 5.89. The van der Waals surface area contributed by atoms with Gasteiger partial charge in [-0.05, 0) is 49.1 Å². The lowest BCUT2D eigenvalue weighted by atomic mass is 9.97. The summed E-state index contributed by atoms with van der Waals surface area (Å²) in [5.41, 5.74) is 3.01. The Morgan fingerprint density at radius 1 is 1.09 bits per heavy atom. The number of carbonyl (C=O) groups excluding carboxylic acids is 2. The van der Waals surface area contributed by atoms with E-state index in [1.165, 1.54) is 11.8 Å². The van der Waals surface area contributed by atoms with E-state index in [-0.39, 0.29) is 17.8 Å². The van der Waals surface area contributed by atoms with Crippen LogP contribution in [0, 0.1) is 5.92 Å². The monoisotopic (exact) mass is 464 g/mol. The maximum Gasteiger partial charge on any atom is 0.309 e. The first-order chi connectivity index (χ1) is 16.1. The number of aromatic nitrogens is 1. The van der Waals surface area contributed by atoms with E-state index in [1.807, 2.05) is 48.2 Å². The first-order valence-corrected chi connectivity index (χ1v) is 12.2. The zero-order valence-electron chi connectivity index (χ0n) is 19.0. The Morgan fingerprint density at radius 3 is 2.55 bits per heavy atom. The van der Waals surface area contributed by atoms with Gasteiger partial charge >= 0.3 is 5.97 Å². The molecular weight excluding hydrogens is 436 g/mol. The normalized spacial score (nSPS) is 14.3. The Balaban J connectivity index is 1.48. The van der Waals surface area contributed by atoms with Crippen molar-refractivity contribution in [2.45, 2.75) is 24.8 Å². The van der Waals surface area contributed by atoms with Gasteiger partial charge in [0.2, 0.25) is 5.91 Å². The van der Waals surface area contributed by atoms with Gasteiger partial charge in [-0.3, -0.25) is 9.59 Å². The highest BCUT2D eigenvalue weighted by molar-refractivity contribution is 7.99. The number of thioether (sulfide) groups is 1. The van der Waals surface area contributed by atoms with Crippen LogP contribution in [0.4, 0.5) is 0 Å². The molecule has 1 fully saturated rings. The molecule has 0 unspecified atom stereocenters. The van der Waals surface area contributed by atoms with E-state index < -0.39 is 0 Å². The molecule has 4 rings (SSSR count). The van der Waals surface area contributed by atoms with Crippen molar-refractivity contribution in [3.8, 4) is 16.9 Å². The lowest BCUT2D eigenvalue weighted by Crippen LogP contribution is -2.41. The summed E-state index contributed by atoms with van der Waals surface area (Å²) in [5, 5.41) is 1.84. The van der Waals surface area contributed by atoms with Crippen LogP contribution in [0.3, 0.4) is 0 Å². The van der Waals surface area contributed by atoms with Crippen LogP contribution in [0.15, 0.2) is 59.6 Å². The number of nitrogens with zero attached hydrogens (tertiary/aromatic N) is 2. The van der Waals surface area contributed by atoms with Crippen LogP contribution in [-0.2, 0) is 14.3 Å². The van der Waals surface area contributed by atoms with Crippen molar-refractivity contribution in [2.24, 2.45) is 5.92 Å². The van der Waals surface area contributed by atoms with Crippen molar-refractivity contribution in [3.63, 3.8) is 0 Å². The molecule has 33 heavy (non-hydrogen) atoms. The molecule has 0 N–H and O–H groups in total. The number of hydrogen-bond donors (Lipinski definition) is 0. The quantitative estimate of drug-likeness (QED) is 0.369. The Hall–Kier alpha value is -3.06. The molecule has 172 valence electrons. The van der Waals surface area contributed by atoms with Crippen molar-refractivity contribution >= 4 is 34.5 Å². The molecule has 1 aromatic heterocycles. The highest BCUT2D eigenvalue weighted by Gasteiger charge is 2.28. The summed E-state index contributed by atoms with van der Waals surface area (Å²) >= 11 is 1.44. The number of carbonyl (C=O) groups is 2. The number of methoxy groups -OCH3 is 1. The Kier molecular flexibility index (Phi) is 7.50. The van der Waals surface area contributed by atoms with E-state index in [9.17, 15) is 9.59 Å². The van der Waals surface area contributed by atoms with Gasteiger partial charge in [0.1, 0.15) is 5.75 Å². The molecule has 1 amide bonds. The molecule has 0 atom stereocenters. The van der Waals surface area contributed by atoms with Crippen molar-refractivity contribution < 1.29 is 19.1 Å². The molecule has 1 saturated heterocycles. The minimum absolute atomic E-state index is 0.0658. The molecule has 0 spiro atoms. The second-order valence-electron chi connectivity index (χ2n) is 7.95. The van der Waals surface area contributed by atoms with Gasteiger partial charge in [0.15, 0.2) is 0 Å². The van der Waals surface area contributed by atoms with Crippen LogP contribution in [0.5, 0.6) is 5.75 Å². The average Bonchev–Trinajstić information content (AvgIpc) is 2.87. The summed E-state index contributed by atoms with van der Waals surface area (Å²) in [4.78, 5) is 31.4. The lowest BCUT2D eigenvalue weighted by Gasteiger charge is -2.30. The molecule has 1 aliphatic heterocycles. The Labute approximate surface area is 198 Å². The number of fused-ring (bicyclic) bond motifs is 1. The van der Waals surface area contributed by atoms with E-state index in [0.717, 1.165) is 32.8 Å². The van der Waals surface area contributed by atoms with Crippen LogP contribution >= 0.6 is 11.8 Å². The SMILES string of the molecule is CCOC(=O)C1CCN(C(=O)CSc2cc(-c3ccccc3)c3ccc(OC)cc3n2)CC1. The molecule has 7 heteroatoms. The fourth-order valence-corrected chi connectivity index (χ4v) is 4.91. The number of likely N-dealkylation sites (tertiary alicyclic amines) is 1. The molecule has 6 nitrogen and oxygen atoms in total. The molecule has 1 aliphatic rings. The number of amides is 1.